The molecule has 0 atom stereocenters. The molecule has 10 N–H and O–H groups in total. The maximum atomic E-state index is 12.3. The van der Waals surface area contributed by atoms with Crippen LogP contribution in [-0.2, 0) is 40.5 Å². The van der Waals surface area contributed by atoms with E-state index in [-0.39, 0.29) is 85.4 Å². The number of rotatable bonds is 11. The SMILES string of the molecule is COc1cc(-c2ccc(N=Nc3c(S(=O)(=O)O)cc4cc(S(=O)(=O)O)cc(N)c4c3O)c(OC)c2)ccc1N=Nc1c(S(=O)(=O)O)cc2cc(S(=O)(=O)O)cc(N)c2c1O.[Na]. The molecule has 0 aromatic heterocycles. The van der Waals surface area contributed by atoms with Gasteiger partial charge in [-0.2, -0.15) is 33.7 Å². The Bertz CT molecular complexity index is 3130. The maximum absolute atomic E-state index is 12.3. The Morgan fingerprint density at radius 2 is 0.836 bits per heavy atom. The fraction of sp³-hybridized carbons (Fsp3) is 0.0588. The molecule has 0 amide bonds. The van der Waals surface area contributed by atoms with E-state index < -0.39 is 82.9 Å². The van der Waals surface area contributed by atoms with Crippen LogP contribution in [0.15, 0.2) is 113 Å². The monoisotopic (exact) mass is 927 g/mol. The predicted octanol–water partition coefficient (Wildman–Crippen LogP) is 5.69. The van der Waals surface area contributed by atoms with Crippen molar-refractivity contribution in [3.63, 3.8) is 0 Å². The number of methoxy groups -OCH3 is 2. The van der Waals surface area contributed by atoms with Crippen LogP contribution in [0, 0.1) is 0 Å². The Balaban J connectivity index is 0.00000704. The number of benzene rings is 6. The Morgan fingerprint density at radius 3 is 1.13 bits per heavy atom. The first-order valence-electron chi connectivity index (χ1n) is 16.1. The molecule has 0 bridgehead atoms. The van der Waals surface area contributed by atoms with Gasteiger partial charge in [0.25, 0.3) is 40.5 Å². The van der Waals surface area contributed by atoms with E-state index in [1.165, 1.54) is 50.6 Å². The van der Waals surface area contributed by atoms with Gasteiger partial charge < -0.3 is 31.2 Å². The van der Waals surface area contributed by atoms with Gasteiger partial charge in [0.15, 0.2) is 11.5 Å². The van der Waals surface area contributed by atoms with Crippen molar-refractivity contribution in [1.29, 1.82) is 0 Å². The summed E-state index contributed by atoms with van der Waals surface area (Å²) in [7, 11) is -17.3. The topological polar surface area (TPSA) is 378 Å². The third-order valence-electron chi connectivity index (χ3n) is 8.67. The minimum absolute atomic E-state index is 0. The van der Waals surface area contributed by atoms with Crippen LogP contribution in [0.3, 0.4) is 0 Å². The minimum atomic E-state index is -5.13. The molecule has 6 aromatic rings. The summed E-state index contributed by atoms with van der Waals surface area (Å²) in [4.78, 5) is -3.39. The first-order valence-corrected chi connectivity index (χ1v) is 21.9. The van der Waals surface area contributed by atoms with Gasteiger partial charge in [0.2, 0.25) is 0 Å². The molecule has 0 fully saturated rings. The summed E-state index contributed by atoms with van der Waals surface area (Å²) in [6, 6.07) is 13.6. The van der Waals surface area contributed by atoms with Crippen LogP contribution >= 0.6 is 0 Å². The summed E-state index contributed by atoms with van der Waals surface area (Å²) in [6.07, 6.45) is 0. The summed E-state index contributed by atoms with van der Waals surface area (Å²) >= 11 is 0. The van der Waals surface area contributed by atoms with Gasteiger partial charge in [0, 0.05) is 51.7 Å². The Morgan fingerprint density at radius 1 is 0.492 bits per heavy atom. The molecule has 0 saturated carbocycles. The fourth-order valence-electron chi connectivity index (χ4n) is 5.95. The Hall–Kier alpha value is -5.52. The third-order valence-corrected chi connectivity index (χ3v) is 12.1. The van der Waals surface area contributed by atoms with Crippen LogP contribution in [0.25, 0.3) is 32.7 Å². The molecule has 0 spiro atoms. The van der Waals surface area contributed by atoms with E-state index >= 15 is 0 Å². The van der Waals surface area contributed by atoms with E-state index in [2.05, 4.69) is 20.5 Å². The molecule has 61 heavy (non-hydrogen) atoms. The molecule has 22 nitrogen and oxygen atoms in total. The van der Waals surface area contributed by atoms with Gasteiger partial charge in [-0.3, -0.25) is 18.2 Å². The molecule has 0 aliphatic heterocycles. The van der Waals surface area contributed by atoms with Gasteiger partial charge >= 0.3 is 0 Å². The molecule has 0 aliphatic rings. The van der Waals surface area contributed by atoms with Gasteiger partial charge in [0.05, 0.1) is 24.0 Å². The molecule has 0 saturated heterocycles. The number of azo groups is 2. The van der Waals surface area contributed by atoms with E-state index in [4.69, 9.17) is 20.9 Å². The smallest absolute Gasteiger partial charge is 0.296 e. The number of hydrogen-bond acceptors (Lipinski definition) is 18. The second kappa shape index (κ2) is 16.7. The van der Waals surface area contributed by atoms with Crippen molar-refractivity contribution in [2.45, 2.75) is 19.6 Å². The van der Waals surface area contributed by atoms with Gasteiger partial charge in [0.1, 0.15) is 44.0 Å². The van der Waals surface area contributed by atoms with Crippen LogP contribution in [0.2, 0.25) is 0 Å². The number of phenols is 2. The van der Waals surface area contributed by atoms with Crippen LogP contribution in [0.4, 0.5) is 34.1 Å². The van der Waals surface area contributed by atoms with Crippen molar-refractivity contribution < 1.29 is 71.6 Å². The fourth-order valence-corrected chi connectivity index (χ4v) is 8.37. The average Bonchev–Trinajstić information content (AvgIpc) is 3.14. The minimum Gasteiger partial charge on any atom is -0.505 e. The molecular formula is C34H28N6NaO16S4. The molecular weight excluding hydrogens is 900 g/mol. The summed E-state index contributed by atoms with van der Waals surface area (Å²) in [5.41, 5.74) is 10.4. The van der Waals surface area contributed by atoms with E-state index in [9.17, 15) is 62.1 Å². The van der Waals surface area contributed by atoms with Crippen molar-refractivity contribution in [2.75, 3.05) is 25.7 Å². The molecule has 0 aliphatic carbocycles. The number of phenolic OH excluding ortho intramolecular Hbond substituents is 2. The third kappa shape index (κ3) is 9.38. The maximum Gasteiger partial charge on any atom is 0.296 e. The molecule has 0 heterocycles. The molecule has 0 unspecified atom stereocenters. The molecule has 315 valence electrons. The number of nitrogens with zero attached hydrogens (tertiary/aromatic N) is 4. The largest absolute Gasteiger partial charge is 0.505 e. The summed E-state index contributed by atoms with van der Waals surface area (Å²) < 4.78 is 146. The van der Waals surface area contributed by atoms with Gasteiger partial charge in [-0.1, -0.05) is 12.1 Å². The number of hydrogen-bond donors (Lipinski definition) is 8. The molecule has 6 aromatic carbocycles. The average molecular weight is 928 g/mol. The van der Waals surface area contributed by atoms with Crippen LogP contribution in [0.5, 0.6) is 23.0 Å². The summed E-state index contributed by atoms with van der Waals surface area (Å²) in [5.74, 6) is -1.69. The van der Waals surface area contributed by atoms with Gasteiger partial charge in [-0.25, -0.2) is 0 Å². The number of fused-ring (bicyclic) bond motifs is 2. The Kier molecular flexibility index (Phi) is 12.8. The zero-order chi connectivity index (χ0) is 44.3. The molecule has 27 heteroatoms. The Labute approximate surface area is 367 Å². The number of nitrogen functional groups attached to an aromatic ring is 2. The number of aromatic hydroxyl groups is 2. The van der Waals surface area contributed by atoms with Crippen LogP contribution in [-0.4, -0.2) is 106 Å². The molecule has 6 rings (SSSR count). The quantitative estimate of drug-likeness (QED) is 0.0335. The normalized spacial score (nSPS) is 12.6. The first-order chi connectivity index (χ1) is 27.8. The van der Waals surface area contributed by atoms with Gasteiger partial charge in [-0.15, -0.1) is 20.5 Å². The van der Waals surface area contributed by atoms with Crippen molar-refractivity contribution in [3.05, 3.63) is 72.8 Å². The van der Waals surface area contributed by atoms with Crippen molar-refractivity contribution >= 4 is 126 Å². The zero-order valence-electron chi connectivity index (χ0n) is 31.3. The second-order valence-corrected chi connectivity index (χ2v) is 18.1. The van der Waals surface area contributed by atoms with Gasteiger partial charge in [-0.05, 0) is 82.6 Å². The van der Waals surface area contributed by atoms with Crippen molar-refractivity contribution in [2.24, 2.45) is 20.5 Å². The van der Waals surface area contributed by atoms with E-state index in [0.717, 1.165) is 36.4 Å². The summed E-state index contributed by atoms with van der Waals surface area (Å²) in [5, 5.41) is 36.6. The van der Waals surface area contributed by atoms with Crippen molar-refractivity contribution in [3.8, 4) is 34.1 Å². The van der Waals surface area contributed by atoms with E-state index in [1.807, 2.05) is 0 Å². The second-order valence-electron chi connectivity index (χ2n) is 12.4. The van der Waals surface area contributed by atoms with E-state index in [1.54, 1.807) is 0 Å². The summed E-state index contributed by atoms with van der Waals surface area (Å²) in [6.45, 7) is 0. The number of ether oxygens (including phenoxy) is 2. The number of nitrogens with two attached hydrogens (primary N) is 2. The zero-order valence-corrected chi connectivity index (χ0v) is 36.5. The predicted molar refractivity (Wildman–Crippen MR) is 218 cm³/mol. The first kappa shape index (κ1) is 46.5. The number of anilines is 2. The van der Waals surface area contributed by atoms with Crippen molar-refractivity contribution in [1.82, 2.24) is 0 Å². The van der Waals surface area contributed by atoms with Crippen LogP contribution in [0.1, 0.15) is 0 Å². The van der Waals surface area contributed by atoms with E-state index in [0.29, 0.717) is 11.1 Å². The van der Waals surface area contributed by atoms with Crippen LogP contribution < -0.4 is 20.9 Å². The standard InChI is InChI=1S/C34H28N6O16S4.Na/c1-55-25-9-15(3-5-23(25)37-39-31-27(59(49,50)51)11-17-7-19(57(43,44)45)13-21(35)29(17)33(31)41)16-4-6-24(26(10-16)56-2)38-40-32-28(60(52,53)54)12-18-8-20(58(46,47)48)14-22(36)30(18)34(32)42;/h3-14,41-42H,35-36H2,1-2H3,(H,43,44,45)(H,46,47,48)(H,49,50,51)(H,52,53,54);. The molecule has 1 radical (unpaired) electrons.